The second kappa shape index (κ2) is 6.29. The van der Waals surface area contributed by atoms with Crippen molar-refractivity contribution < 1.29 is 18.9 Å². The lowest BCUT2D eigenvalue weighted by Gasteiger charge is -2.28. The first-order chi connectivity index (χ1) is 13.5. The van der Waals surface area contributed by atoms with Gasteiger partial charge >= 0.3 is 0 Å². The number of fused-ring (bicyclic) bond motifs is 5. The quantitative estimate of drug-likeness (QED) is 0.823. The van der Waals surface area contributed by atoms with Crippen molar-refractivity contribution in [2.45, 2.75) is 25.7 Å². The molecule has 7 heteroatoms. The molecule has 2 aliphatic carbocycles. The Hall–Kier alpha value is -2.96. The normalized spacial score (nSPS) is 30.8. The molecule has 1 aromatic carbocycles. The number of anilines is 1. The smallest absolute Gasteiger partial charge is 0.245 e. The number of benzene rings is 1. The molecule has 1 aliphatic heterocycles. The van der Waals surface area contributed by atoms with E-state index in [0.717, 1.165) is 17.7 Å². The van der Waals surface area contributed by atoms with Gasteiger partial charge in [0, 0.05) is 6.07 Å². The fraction of sp³-hybridized carbons (Fsp3) is 0.429. The number of hydrogen-bond donors (Lipinski definition) is 1. The lowest BCUT2D eigenvalue weighted by Crippen LogP contribution is -2.39. The van der Waals surface area contributed by atoms with Crippen LogP contribution < -0.4 is 5.32 Å². The molecule has 0 spiro atoms. The Morgan fingerprint density at radius 3 is 2.64 bits per heavy atom. The van der Waals surface area contributed by atoms with E-state index >= 15 is 0 Å². The molecule has 0 unspecified atom stereocenters. The van der Waals surface area contributed by atoms with E-state index in [1.807, 2.05) is 18.2 Å². The maximum absolute atomic E-state index is 13.0. The van der Waals surface area contributed by atoms with Gasteiger partial charge in [-0.05, 0) is 43.1 Å². The number of hydrogen-bond acceptors (Lipinski definition) is 5. The second-order valence-electron chi connectivity index (χ2n) is 8.10. The Morgan fingerprint density at radius 1 is 1.18 bits per heavy atom. The van der Waals surface area contributed by atoms with E-state index in [1.165, 1.54) is 5.56 Å². The topological polar surface area (TPSA) is 92.5 Å². The van der Waals surface area contributed by atoms with Crippen LogP contribution in [0.5, 0.6) is 0 Å². The van der Waals surface area contributed by atoms with E-state index in [-0.39, 0.29) is 47.8 Å². The number of aryl methyl sites for hydroxylation is 1. The van der Waals surface area contributed by atoms with Crippen molar-refractivity contribution in [3.63, 3.8) is 0 Å². The highest BCUT2D eigenvalue weighted by Crippen LogP contribution is 2.61. The molecule has 3 fully saturated rings. The maximum Gasteiger partial charge on any atom is 0.245 e. The molecule has 5 rings (SSSR count). The average Bonchev–Trinajstić information content (AvgIpc) is 3.43. The van der Waals surface area contributed by atoms with Gasteiger partial charge in [0.25, 0.3) is 0 Å². The highest BCUT2D eigenvalue weighted by molar-refractivity contribution is 6.09. The minimum absolute atomic E-state index is 0.181. The molecule has 5 atom stereocenters. The van der Waals surface area contributed by atoms with Gasteiger partial charge < -0.3 is 9.84 Å². The Kier molecular flexibility index (Phi) is 3.86. The standard InChI is InChI=1S/C21H21N3O4/c1-11-7-16(23-28-11)22-17(25)10-24-20(26)18-13-8-14(12-5-3-2-4-6-12)15(9-13)19(18)21(24)27/h2-7,13-15,18-19H,8-10H2,1H3,(H,22,23,25)/t13-,14-,15+,18+,19+/m0/s1. The summed E-state index contributed by atoms with van der Waals surface area (Å²) in [5.41, 5.74) is 1.24. The fourth-order valence-electron chi connectivity index (χ4n) is 5.51. The van der Waals surface area contributed by atoms with Crippen LogP contribution >= 0.6 is 0 Å². The summed E-state index contributed by atoms with van der Waals surface area (Å²) in [6.07, 6.45) is 1.86. The van der Waals surface area contributed by atoms with Crippen molar-refractivity contribution in [3.05, 3.63) is 47.7 Å². The molecule has 28 heavy (non-hydrogen) atoms. The highest BCUT2D eigenvalue weighted by Gasteiger charge is 2.63. The molecule has 2 heterocycles. The molecule has 0 radical (unpaired) electrons. The predicted molar refractivity (Wildman–Crippen MR) is 99.0 cm³/mol. The van der Waals surface area contributed by atoms with Crippen molar-refractivity contribution in [2.24, 2.45) is 23.7 Å². The molecule has 2 bridgehead atoms. The van der Waals surface area contributed by atoms with E-state index in [2.05, 4.69) is 22.6 Å². The maximum atomic E-state index is 13.0. The third-order valence-corrected chi connectivity index (χ3v) is 6.53. The van der Waals surface area contributed by atoms with Crippen LogP contribution in [0.1, 0.15) is 30.1 Å². The number of nitrogens with zero attached hydrogens (tertiary/aromatic N) is 2. The highest BCUT2D eigenvalue weighted by atomic mass is 16.5. The fourth-order valence-corrected chi connectivity index (χ4v) is 5.51. The van der Waals surface area contributed by atoms with Crippen LogP contribution in [0.4, 0.5) is 5.82 Å². The van der Waals surface area contributed by atoms with Crippen LogP contribution in [0.15, 0.2) is 40.9 Å². The molecule has 7 nitrogen and oxygen atoms in total. The van der Waals surface area contributed by atoms with E-state index in [0.29, 0.717) is 11.7 Å². The van der Waals surface area contributed by atoms with Gasteiger partial charge in [-0.25, -0.2) is 0 Å². The number of imide groups is 1. The third kappa shape index (κ3) is 2.57. The number of nitrogens with one attached hydrogen (secondary N) is 1. The third-order valence-electron chi connectivity index (χ3n) is 6.53. The lowest BCUT2D eigenvalue weighted by atomic mass is 9.73. The van der Waals surface area contributed by atoms with E-state index in [9.17, 15) is 14.4 Å². The van der Waals surface area contributed by atoms with Gasteiger partial charge in [0.2, 0.25) is 17.7 Å². The first-order valence-corrected chi connectivity index (χ1v) is 9.66. The van der Waals surface area contributed by atoms with Crippen molar-refractivity contribution in [1.82, 2.24) is 10.1 Å². The van der Waals surface area contributed by atoms with Crippen LogP contribution in [-0.2, 0) is 14.4 Å². The van der Waals surface area contributed by atoms with Gasteiger partial charge in [0.05, 0.1) is 11.8 Å². The summed E-state index contributed by atoms with van der Waals surface area (Å²) in [6, 6.07) is 11.8. The summed E-state index contributed by atoms with van der Waals surface area (Å²) in [5, 5.41) is 6.29. The van der Waals surface area contributed by atoms with Crippen molar-refractivity contribution in [3.8, 4) is 0 Å². The number of rotatable bonds is 4. The molecule has 1 N–H and O–H groups in total. The largest absolute Gasteiger partial charge is 0.360 e. The van der Waals surface area contributed by atoms with Gasteiger partial charge in [-0.2, -0.15) is 0 Å². The number of likely N-dealkylation sites (tertiary alicyclic amines) is 1. The van der Waals surface area contributed by atoms with Gasteiger partial charge in [-0.3, -0.25) is 19.3 Å². The minimum atomic E-state index is -0.443. The van der Waals surface area contributed by atoms with E-state index < -0.39 is 5.91 Å². The molecule has 144 valence electrons. The summed E-state index contributed by atoms with van der Waals surface area (Å²) >= 11 is 0. The van der Waals surface area contributed by atoms with E-state index in [4.69, 9.17) is 4.52 Å². The Labute approximate surface area is 162 Å². The number of aromatic nitrogens is 1. The van der Waals surface area contributed by atoms with Crippen LogP contribution in [0.25, 0.3) is 0 Å². The molecule has 1 saturated heterocycles. The van der Waals surface area contributed by atoms with Crippen LogP contribution in [0, 0.1) is 30.6 Å². The minimum Gasteiger partial charge on any atom is -0.360 e. The Bertz CT molecular complexity index is 954. The van der Waals surface area contributed by atoms with Gasteiger partial charge in [0.1, 0.15) is 12.3 Å². The summed E-state index contributed by atoms with van der Waals surface area (Å²) in [4.78, 5) is 39.4. The number of carbonyl (C=O) groups is 3. The van der Waals surface area contributed by atoms with Gasteiger partial charge in [-0.15, -0.1) is 0 Å². The molecule has 3 amide bonds. The summed E-state index contributed by atoms with van der Waals surface area (Å²) < 4.78 is 4.92. The first kappa shape index (κ1) is 17.2. The summed E-state index contributed by atoms with van der Waals surface area (Å²) in [7, 11) is 0. The summed E-state index contributed by atoms with van der Waals surface area (Å²) in [6.45, 7) is 1.45. The first-order valence-electron chi connectivity index (χ1n) is 9.66. The summed E-state index contributed by atoms with van der Waals surface area (Å²) in [5.74, 6) is 0.182. The van der Waals surface area contributed by atoms with Crippen molar-refractivity contribution in [2.75, 3.05) is 11.9 Å². The molecular weight excluding hydrogens is 358 g/mol. The van der Waals surface area contributed by atoms with E-state index in [1.54, 1.807) is 13.0 Å². The molecular formula is C21H21N3O4. The van der Waals surface area contributed by atoms with Crippen LogP contribution in [0.3, 0.4) is 0 Å². The van der Waals surface area contributed by atoms with Crippen LogP contribution in [-0.4, -0.2) is 34.3 Å². The van der Waals surface area contributed by atoms with Crippen molar-refractivity contribution in [1.29, 1.82) is 0 Å². The average molecular weight is 379 g/mol. The Balaban J connectivity index is 1.32. The SMILES string of the molecule is Cc1cc(NC(=O)CN2C(=O)[C@@H]3[C@@H]4C[C@@H]([C@H]3C2=O)[C@H](c2ccccc2)C4)no1. The van der Waals surface area contributed by atoms with Crippen LogP contribution in [0.2, 0.25) is 0 Å². The van der Waals surface area contributed by atoms with Gasteiger partial charge in [0.15, 0.2) is 5.82 Å². The zero-order chi connectivity index (χ0) is 19.4. The molecule has 2 aromatic rings. The Morgan fingerprint density at radius 2 is 1.93 bits per heavy atom. The monoisotopic (exact) mass is 379 g/mol. The lowest BCUT2D eigenvalue weighted by molar-refractivity contribution is -0.143. The number of amides is 3. The van der Waals surface area contributed by atoms with Crippen molar-refractivity contribution >= 4 is 23.5 Å². The zero-order valence-electron chi connectivity index (χ0n) is 15.5. The number of carbonyl (C=O) groups excluding carboxylic acids is 3. The molecule has 1 aromatic heterocycles. The molecule has 3 aliphatic rings. The van der Waals surface area contributed by atoms with Gasteiger partial charge in [-0.1, -0.05) is 35.5 Å². The predicted octanol–water partition coefficient (Wildman–Crippen LogP) is 2.35. The zero-order valence-corrected chi connectivity index (χ0v) is 15.5. The molecule has 2 saturated carbocycles. The second-order valence-corrected chi connectivity index (χ2v) is 8.10.